The van der Waals surface area contributed by atoms with E-state index in [1.165, 1.54) is 0 Å². The quantitative estimate of drug-likeness (QED) is 0.728. The molecule has 0 radical (unpaired) electrons. The average Bonchev–Trinajstić information content (AvgIpc) is 2.29. The van der Waals surface area contributed by atoms with Crippen LogP contribution in [0, 0.1) is 5.41 Å². The zero-order chi connectivity index (χ0) is 13.6. The summed E-state index contributed by atoms with van der Waals surface area (Å²) in [5.74, 6) is -0.885. The van der Waals surface area contributed by atoms with E-state index in [0.717, 1.165) is 18.5 Å². The summed E-state index contributed by atoms with van der Waals surface area (Å²) < 4.78 is 0. The number of hydrogen-bond donors (Lipinski definition) is 2. The normalized spacial score (nSPS) is 11.2. The summed E-state index contributed by atoms with van der Waals surface area (Å²) in [5.41, 5.74) is 1.50. The maximum Gasteiger partial charge on any atom is 0.335 e. The van der Waals surface area contributed by atoms with Gasteiger partial charge in [0.1, 0.15) is 0 Å². The zero-order valence-electron chi connectivity index (χ0n) is 11.1. The third-order valence-electron chi connectivity index (χ3n) is 2.80. The van der Waals surface area contributed by atoms with Gasteiger partial charge < -0.3 is 10.4 Å². The summed E-state index contributed by atoms with van der Waals surface area (Å²) in [7, 11) is 0. The molecule has 0 aliphatic rings. The van der Waals surface area contributed by atoms with Crippen LogP contribution in [-0.4, -0.2) is 17.6 Å². The first-order chi connectivity index (χ1) is 8.44. The maximum atomic E-state index is 10.8. The van der Waals surface area contributed by atoms with Crippen LogP contribution in [0.5, 0.6) is 0 Å². The Bertz CT molecular complexity index is 424. The molecule has 0 saturated carbocycles. The van der Waals surface area contributed by atoms with Gasteiger partial charge in [0.15, 0.2) is 0 Å². The van der Waals surface area contributed by atoms with Gasteiger partial charge >= 0.3 is 5.97 Å². The summed E-state index contributed by atoms with van der Waals surface area (Å²) in [5, 5.41) is 12.3. The van der Waals surface area contributed by atoms with Gasteiger partial charge in [0.2, 0.25) is 0 Å². The molecule has 18 heavy (non-hydrogen) atoms. The van der Waals surface area contributed by atoms with E-state index in [0.29, 0.717) is 12.1 Å². The predicted octanol–water partition coefficient (Wildman–Crippen LogP) is 3.08. The van der Waals surface area contributed by atoms with Crippen LogP contribution in [0.15, 0.2) is 36.9 Å². The van der Waals surface area contributed by atoms with Crippen molar-refractivity contribution in [2.45, 2.75) is 26.8 Å². The Labute approximate surface area is 109 Å². The molecule has 0 atom stereocenters. The van der Waals surface area contributed by atoms with Crippen molar-refractivity contribution in [1.82, 2.24) is 5.32 Å². The minimum absolute atomic E-state index is 0.173. The van der Waals surface area contributed by atoms with E-state index in [-0.39, 0.29) is 5.41 Å². The van der Waals surface area contributed by atoms with Gasteiger partial charge in [-0.3, -0.25) is 0 Å². The van der Waals surface area contributed by atoms with Crippen molar-refractivity contribution in [2.75, 3.05) is 6.54 Å². The average molecular weight is 247 g/mol. The number of nitrogens with one attached hydrogen (secondary N) is 1. The van der Waals surface area contributed by atoms with Crippen molar-refractivity contribution in [3.63, 3.8) is 0 Å². The molecule has 0 heterocycles. The highest BCUT2D eigenvalue weighted by Crippen LogP contribution is 2.19. The van der Waals surface area contributed by atoms with Crippen LogP contribution in [0.2, 0.25) is 0 Å². The second kappa shape index (κ2) is 6.36. The summed E-state index contributed by atoms with van der Waals surface area (Å²) in [4.78, 5) is 10.8. The van der Waals surface area contributed by atoms with Gasteiger partial charge in [-0.2, -0.15) is 0 Å². The number of rotatable bonds is 7. The van der Waals surface area contributed by atoms with Gasteiger partial charge in [-0.05, 0) is 29.5 Å². The number of allylic oxidation sites excluding steroid dienone is 1. The van der Waals surface area contributed by atoms with Gasteiger partial charge in [0, 0.05) is 13.1 Å². The molecule has 2 N–H and O–H groups in total. The lowest BCUT2D eigenvalue weighted by Gasteiger charge is -2.23. The number of carboxylic acid groups (broad SMARTS) is 1. The van der Waals surface area contributed by atoms with Gasteiger partial charge in [-0.1, -0.05) is 32.1 Å². The Morgan fingerprint density at radius 3 is 2.83 bits per heavy atom. The Balaban J connectivity index is 2.51. The first kappa shape index (κ1) is 14.5. The van der Waals surface area contributed by atoms with Crippen molar-refractivity contribution in [3.8, 4) is 0 Å². The fourth-order valence-corrected chi connectivity index (χ4v) is 1.82. The Morgan fingerprint density at radius 1 is 1.50 bits per heavy atom. The minimum atomic E-state index is -0.885. The molecule has 0 aliphatic heterocycles. The molecule has 0 spiro atoms. The minimum Gasteiger partial charge on any atom is -0.478 e. The van der Waals surface area contributed by atoms with Crippen molar-refractivity contribution >= 4 is 5.97 Å². The summed E-state index contributed by atoms with van der Waals surface area (Å²) in [6.45, 7) is 9.66. The Kier molecular flexibility index (Phi) is 5.10. The number of hydrogen-bond acceptors (Lipinski definition) is 2. The van der Waals surface area contributed by atoms with Crippen LogP contribution in [0.25, 0.3) is 0 Å². The van der Waals surface area contributed by atoms with Gasteiger partial charge in [-0.15, -0.1) is 6.58 Å². The van der Waals surface area contributed by atoms with Crippen molar-refractivity contribution in [1.29, 1.82) is 0 Å². The van der Waals surface area contributed by atoms with E-state index in [1.54, 1.807) is 18.2 Å². The van der Waals surface area contributed by atoms with Crippen LogP contribution in [0.3, 0.4) is 0 Å². The first-order valence-corrected chi connectivity index (χ1v) is 6.08. The third kappa shape index (κ3) is 4.72. The number of benzene rings is 1. The highest BCUT2D eigenvalue weighted by atomic mass is 16.4. The van der Waals surface area contributed by atoms with E-state index >= 15 is 0 Å². The fraction of sp³-hybridized carbons (Fsp3) is 0.400. The highest BCUT2D eigenvalue weighted by Gasteiger charge is 2.14. The van der Waals surface area contributed by atoms with Crippen LogP contribution in [0.4, 0.5) is 0 Å². The second-order valence-electron chi connectivity index (χ2n) is 5.27. The SMILES string of the molecule is C=CCC(C)(C)CNCc1cccc(C(=O)O)c1. The molecule has 3 heteroatoms. The van der Waals surface area contributed by atoms with E-state index in [1.807, 2.05) is 12.1 Å². The van der Waals surface area contributed by atoms with Gasteiger partial charge in [0.25, 0.3) is 0 Å². The molecular weight excluding hydrogens is 226 g/mol. The molecule has 0 aliphatic carbocycles. The smallest absolute Gasteiger partial charge is 0.335 e. The van der Waals surface area contributed by atoms with E-state index in [9.17, 15) is 4.79 Å². The summed E-state index contributed by atoms with van der Waals surface area (Å²) >= 11 is 0. The van der Waals surface area contributed by atoms with Crippen LogP contribution < -0.4 is 5.32 Å². The topological polar surface area (TPSA) is 49.3 Å². The molecule has 0 saturated heterocycles. The largest absolute Gasteiger partial charge is 0.478 e. The molecule has 98 valence electrons. The monoisotopic (exact) mass is 247 g/mol. The van der Waals surface area contributed by atoms with Gasteiger partial charge in [-0.25, -0.2) is 4.79 Å². The molecule has 0 bridgehead atoms. The molecule has 1 aromatic rings. The molecule has 1 rings (SSSR count). The third-order valence-corrected chi connectivity index (χ3v) is 2.80. The maximum absolute atomic E-state index is 10.8. The van der Waals surface area contributed by atoms with Crippen LogP contribution in [0.1, 0.15) is 36.2 Å². The zero-order valence-corrected chi connectivity index (χ0v) is 11.1. The van der Waals surface area contributed by atoms with Crippen molar-refractivity contribution in [3.05, 3.63) is 48.0 Å². The Morgan fingerprint density at radius 2 is 2.22 bits per heavy atom. The number of aromatic carboxylic acids is 1. The lowest BCUT2D eigenvalue weighted by atomic mass is 9.89. The number of carbonyl (C=O) groups is 1. The van der Waals surface area contributed by atoms with Crippen LogP contribution in [-0.2, 0) is 6.54 Å². The number of carboxylic acids is 1. The summed E-state index contributed by atoms with van der Waals surface area (Å²) in [6.07, 6.45) is 2.88. The fourth-order valence-electron chi connectivity index (χ4n) is 1.82. The molecule has 1 aromatic carbocycles. The molecule has 0 aromatic heterocycles. The second-order valence-corrected chi connectivity index (χ2v) is 5.27. The van der Waals surface area contributed by atoms with E-state index in [4.69, 9.17) is 5.11 Å². The lowest BCUT2D eigenvalue weighted by Crippen LogP contribution is -2.28. The van der Waals surface area contributed by atoms with E-state index < -0.39 is 5.97 Å². The highest BCUT2D eigenvalue weighted by molar-refractivity contribution is 5.87. The Hall–Kier alpha value is -1.61. The van der Waals surface area contributed by atoms with Crippen molar-refractivity contribution < 1.29 is 9.90 Å². The predicted molar refractivity (Wildman–Crippen MR) is 73.7 cm³/mol. The standard InChI is InChI=1S/C15H21NO2/c1-4-8-15(2,3)11-16-10-12-6-5-7-13(9-12)14(17)18/h4-7,9,16H,1,8,10-11H2,2-3H3,(H,17,18). The van der Waals surface area contributed by atoms with Crippen molar-refractivity contribution in [2.24, 2.45) is 5.41 Å². The molecule has 0 amide bonds. The lowest BCUT2D eigenvalue weighted by molar-refractivity contribution is 0.0696. The molecule has 3 nitrogen and oxygen atoms in total. The summed E-state index contributed by atoms with van der Waals surface area (Å²) in [6, 6.07) is 7.01. The van der Waals surface area contributed by atoms with Gasteiger partial charge in [0.05, 0.1) is 5.56 Å². The van der Waals surface area contributed by atoms with E-state index in [2.05, 4.69) is 25.7 Å². The molecular formula is C15H21NO2. The first-order valence-electron chi connectivity index (χ1n) is 6.08. The van der Waals surface area contributed by atoms with Crippen LogP contribution >= 0.6 is 0 Å². The molecule has 0 unspecified atom stereocenters. The molecule has 0 fully saturated rings.